The molecule has 0 aliphatic rings. The molecule has 31 heavy (non-hydrogen) atoms. The first kappa shape index (κ1) is 28.7. The van der Waals surface area contributed by atoms with Crippen molar-refractivity contribution in [2.75, 3.05) is 11.5 Å². The second kappa shape index (κ2) is 19.1. The van der Waals surface area contributed by atoms with E-state index in [2.05, 4.69) is 63.8 Å². The van der Waals surface area contributed by atoms with Crippen LogP contribution in [0.3, 0.4) is 0 Å². The molecule has 4 heteroatoms. The molecule has 0 bridgehead atoms. The van der Waals surface area contributed by atoms with Crippen LogP contribution < -0.4 is 33.3 Å². The van der Waals surface area contributed by atoms with Crippen LogP contribution in [0, 0.1) is 0 Å². The Bertz CT molecular complexity index is 675. The molecule has 2 rings (SSSR count). The first-order chi connectivity index (χ1) is 14.8. The van der Waals surface area contributed by atoms with Crippen molar-refractivity contribution in [3.63, 3.8) is 0 Å². The van der Waals surface area contributed by atoms with Crippen molar-refractivity contribution in [1.29, 1.82) is 0 Å². The highest BCUT2D eigenvalue weighted by Crippen LogP contribution is 2.14. The zero-order valence-corrected chi connectivity index (χ0v) is 23.7. The Hall–Kier alpha value is -0.370. The maximum atomic E-state index is 5.24. The molecule has 174 valence electrons. The van der Waals surface area contributed by atoms with E-state index in [4.69, 9.17) is 4.74 Å². The van der Waals surface area contributed by atoms with E-state index in [1.807, 2.05) is 12.1 Å². The van der Waals surface area contributed by atoms with Crippen molar-refractivity contribution in [3.05, 3.63) is 59.9 Å². The van der Waals surface area contributed by atoms with Crippen LogP contribution in [0.1, 0.15) is 88.2 Å². The number of aryl methyl sites for hydroxylation is 1. The fourth-order valence-corrected chi connectivity index (χ4v) is 4.49. The predicted molar refractivity (Wildman–Crippen MR) is 137 cm³/mol. The maximum Gasteiger partial charge on any atom is 0.173 e. The van der Waals surface area contributed by atoms with Gasteiger partial charge in [0, 0.05) is 17.2 Å². The van der Waals surface area contributed by atoms with Gasteiger partial charge in [-0.3, -0.25) is 0 Å². The number of benzene rings is 1. The number of nitrogens with zero attached hydrogens (tertiary/aromatic N) is 1. The van der Waals surface area contributed by atoms with Crippen LogP contribution in [0.15, 0.2) is 48.8 Å². The standard InChI is InChI=1S/C27H41INO.HI/c1-30-27-19-17-26(18-20-27)24-29-22-14-16-25(23-29)15-12-10-8-6-4-2-3-5-7-9-11-13-21-28;/h14,16-20,22-23H,2-13,15,21,24H2,1H3;1H/q+1;/p-1. The van der Waals surface area contributed by atoms with Gasteiger partial charge in [-0.05, 0) is 54.0 Å². The minimum Gasteiger partial charge on any atom is -1.00 e. The summed E-state index contributed by atoms with van der Waals surface area (Å²) in [5.41, 5.74) is 2.76. The summed E-state index contributed by atoms with van der Waals surface area (Å²) >= 11 is 2.49. The van der Waals surface area contributed by atoms with E-state index in [1.54, 1.807) is 7.11 Å². The Kier molecular flexibility index (Phi) is 17.7. The molecule has 0 aliphatic carbocycles. The van der Waals surface area contributed by atoms with Crippen molar-refractivity contribution in [3.8, 4) is 5.75 Å². The first-order valence-electron chi connectivity index (χ1n) is 12.0. The van der Waals surface area contributed by atoms with Gasteiger partial charge in [0.25, 0.3) is 0 Å². The van der Waals surface area contributed by atoms with Gasteiger partial charge in [0.1, 0.15) is 5.75 Å². The number of halogens is 2. The van der Waals surface area contributed by atoms with Crippen LogP contribution in [-0.2, 0) is 13.0 Å². The minimum absolute atomic E-state index is 0. The van der Waals surface area contributed by atoms with Gasteiger partial charge in [-0.15, -0.1) is 0 Å². The molecular formula is C27H41I2NO. The molecule has 0 aliphatic heterocycles. The number of methoxy groups -OCH3 is 1. The van der Waals surface area contributed by atoms with Crippen molar-refractivity contribution in [2.24, 2.45) is 0 Å². The molecule has 0 fully saturated rings. The molecule has 1 heterocycles. The Balaban J connectivity index is 0.00000480. The van der Waals surface area contributed by atoms with E-state index >= 15 is 0 Å². The Morgan fingerprint density at radius 1 is 0.710 bits per heavy atom. The summed E-state index contributed by atoms with van der Waals surface area (Å²) in [7, 11) is 1.71. The maximum absolute atomic E-state index is 5.24. The van der Waals surface area contributed by atoms with Crippen molar-refractivity contribution in [1.82, 2.24) is 0 Å². The largest absolute Gasteiger partial charge is 1.00 e. The van der Waals surface area contributed by atoms with Crippen molar-refractivity contribution in [2.45, 2.75) is 90.0 Å². The van der Waals surface area contributed by atoms with Gasteiger partial charge in [-0.1, -0.05) is 86.8 Å². The van der Waals surface area contributed by atoms with Gasteiger partial charge < -0.3 is 28.7 Å². The molecule has 1 aromatic carbocycles. The number of unbranched alkanes of at least 4 members (excludes halogenated alkanes) is 11. The summed E-state index contributed by atoms with van der Waals surface area (Å²) in [4.78, 5) is 0. The Morgan fingerprint density at radius 3 is 1.81 bits per heavy atom. The van der Waals surface area contributed by atoms with E-state index < -0.39 is 0 Å². The zero-order chi connectivity index (χ0) is 21.3. The van der Waals surface area contributed by atoms with Gasteiger partial charge in [-0.25, -0.2) is 4.57 Å². The van der Waals surface area contributed by atoms with Crippen LogP contribution in [0.5, 0.6) is 5.75 Å². The average molecular weight is 649 g/mol. The molecule has 2 aromatic rings. The SMILES string of the molecule is COc1ccc(C[n+]2cccc(CCCCCCCCCCCCCCI)c2)cc1.[I-]. The highest BCUT2D eigenvalue weighted by atomic mass is 127. The van der Waals surface area contributed by atoms with Crippen LogP contribution in [0.25, 0.3) is 0 Å². The molecule has 0 radical (unpaired) electrons. The smallest absolute Gasteiger partial charge is 0.173 e. The third-order valence-corrected chi connectivity index (χ3v) is 6.56. The Labute approximate surface area is 221 Å². The summed E-state index contributed by atoms with van der Waals surface area (Å²) in [6.45, 7) is 0.913. The summed E-state index contributed by atoms with van der Waals surface area (Å²) in [5.74, 6) is 0.916. The number of hydrogen-bond acceptors (Lipinski definition) is 1. The molecule has 0 amide bonds. The molecule has 1 aromatic heterocycles. The summed E-state index contributed by atoms with van der Waals surface area (Å²) < 4.78 is 8.86. The normalized spacial score (nSPS) is 10.6. The summed E-state index contributed by atoms with van der Waals surface area (Å²) in [6, 6.07) is 12.8. The molecule has 0 saturated heterocycles. The van der Waals surface area contributed by atoms with E-state index in [9.17, 15) is 0 Å². The van der Waals surface area contributed by atoms with Gasteiger partial charge in [-0.2, -0.15) is 0 Å². The van der Waals surface area contributed by atoms with E-state index in [-0.39, 0.29) is 24.0 Å². The number of rotatable bonds is 17. The number of ether oxygens (including phenoxy) is 1. The second-order valence-electron chi connectivity index (χ2n) is 8.41. The molecule has 0 spiro atoms. The fourth-order valence-electron chi connectivity index (χ4n) is 3.96. The molecule has 0 N–H and O–H groups in total. The second-order valence-corrected chi connectivity index (χ2v) is 9.49. The number of aromatic nitrogens is 1. The molecule has 0 saturated carbocycles. The molecule has 0 atom stereocenters. The molecule has 0 unspecified atom stereocenters. The fraction of sp³-hybridized carbons (Fsp3) is 0.593. The summed E-state index contributed by atoms with van der Waals surface area (Å²) in [5, 5.41) is 0. The number of alkyl halides is 1. The Morgan fingerprint density at radius 2 is 1.26 bits per heavy atom. The quantitative estimate of drug-likeness (QED) is 0.105. The van der Waals surface area contributed by atoms with Crippen molar-refractivity contribution >= 4 is 22.6 Å². The van der Waals surface area contributed by atoms with E-state index in [0.29, 0.717) is 0 Å². The minimum atomic E-state index is 0. The topological polar surface area (TPSA) is 13.1 Å². The molecule has 2 nitrogen and oxygen atoms in total. The molecular weight excluding hydrogens is 608 g/mol. The van der Waals surface area contributed by atoms with Gasteiger partial charge >= 0.3 is 0 Å². The van der Waals surface area contributed by atoms with Crippen molar-refractivity contribution < 1.29 is 33.3 Å². The number of hydrogen-bond donors (Lipinski definition) is 0. The summed E-state index contributed by atoms with van der Waals surface area (Å²) in [6.07, 6.45) is 22.7. The highest BCUT2D eigenvalue weighted by molar-refractivity contribution is 14.1. The zero-order valence-electron chi connectivity index (χ0n) is 19.3. The lowest BCUT2D eigenvalue weighted by molar-refractivity contribution is -0.688. The monoisotopic (exact) mass is 649 g/mol. The lowest BCUT2D eigenvalue weighted by atomic mass is 10.0. The van der Waals surface area contributed by atoms with Crippen LogP contribution >= 0.6 is 22.6 Å². The lowest BCUT2D eigenvalue weighted by Gasteiger charge is -2.04. The average Bonchev–Trinajstić information content (AvgIpc) is 2.78. The predicted octanol–water partition coefficient (Wildman–Crippen LogP) is 4.69. The first-order valence-corrected chi connectivity index (χ1v) is 13.5. The lowest BCUT2D eigenvalue weighted by Crippen LogP contribution is -3.00. The van der Waals surface area contributed by atoms with Gasteiger partial charge in [0.15, 0.2) is 18.9 Å². The van der Waals surface area contributed by atoms with Crippen LogP contribution in [0.4, 0.5) is 0 Å². The van der Waals surface area contributed by atoms with Crippen LogP contribution in [-0.4, -0.2) is 11.5 Å². The third-order valence-electron chi connectivity index (χ3n) is 5.79. The van der Waals surface area contributed by atoms with Gasteiger partial charge in [0.05, 0.1) is 7.11 Å². The van der Waals surface area contributed by atoms with Gasteiger partial charge in [0.2, 0.25) is 0 Å². The van der Waals surface area contributed by atoms with E-state index in [1.165, 1.54) is 99.0 Å². The highest BCUT2D eigenvalue weighted by Gasteiger charge is 2.05. The van der Waals surface area contributed by atoms with E-state index in [0.717, 1.165) is 12.3 Å². The van der Waals surface area contributed by atoms with Crippen LogP contribution in [0.2, 0.25) is 0 Å². The number of pyridine rings is 1. The third kappa shape index (κ3) is 13.7.